The van der Waals surface area contributed by atoms with Gasteiger partial charge in [0.25, 0.3) is 0 Å². The van der Waals surface area contributed by atoms with Crippen LogP contribution in [0.4, 0.5) is 4.79 Å². The van der Waals surface area contributed by atoms with Crippen molar-refractivity contribution >= 4 is 11.9 Å². The Kier molecular flexibility index (Phi) is 6.84. The second-order valence-corrected chi connectivity index (χ2v) is 5.03. The topological polar surface area (TPSA) is 58.6 Å². The number of piperidine rings is 1. The van der Waals surface area contributed by atoms with Crippen LogP contribution < -0.4 is 5.32 Å². The predicted octanol–water partition coefficient (Wildman–Crippen LogP) is 1.81. The highest BCUT2D eigenvalue weighted by Gasteiger charge is 2.26. The van der Waals surface area contributed by atoms with Gasteiger partial charge in [0.05, 0.1) is 12.6 Å². The van der Waals surface area contributed by atoms with Crippen molar-refractivity contribution in [3.63, 3.8) is 0 Å². The van der Waals surface area contributed by atoms with E-state index in [9.17, 15) is 9.59 Å². The minimum Gasteiger partial charge on any atom is -0.450 e. The SMILES string of the molecule is CCOC(=O)N1CCC(CC(NC)C(=O)CC)CC1. The van der Waals surface area contributed by atoms with Gasteiger partial charge < -0.3 is 15.0 Å². The third-order valence-corrected chi connectivity index (χ3v) is 3.80. The highest BCUT2D eigenvalue weighted by Crippen LogP contribution is 2.23. The molecule has 1 saturated heterocycles. The fourth-order valence-electron chi connectivity index (χ4n) is 2.56. The summed E-state index contributed by atoms with van der Waals surface area (Å²) in [5, 5.41) is 3.10. The van der Waals surface area contributed by atoms with Crippen molar-refractivity contribution in [1.29, 1.82) is 0 Å². The predicted molar refractivity (Wildman–Crippen MR) is 74.1 cm³/mol. The monoisotopic (exact) mass is 270 g/mol. The normalized spacial score (nSPS) is 18.2. The summed E-state index contributed by atoms with van der Waals surface area (Å²) in [6, 6.07) is -0.0378. The van der Waals surface area contributed by atoms with Gasteiger partial charge in [-0.1, -0.05) is 6.92 Å². The summed E-state index contributed by atoms with van der Waals surface area (Å²) in [5.74, 6) is 0.786. The van der Waals surface area contributed by atoms with Crippen molar-refractivity contribution in [2.45, 2.75) is 45.6 Å². The van der Waals surface area contributed by atoms with Crippen LogP contribution in [0, 0.1) is 5.92 Å². The molecule has 5 heteroatoms. The molecule has 0 aromatic heterocycles. The molecule has 1 unspecified atom stereocenters. The van der Waals surface area contributed by atoms with Gasteiger partial charge in [0.2, 0.25) is 0 Å². The lowest BCUT2D eigenvalue weighted by molar-refractivity contribution is -0.121. The molecule has 1 amide bonds. The Bertz CT molecular complexity index is 299. The summed E-state index contributed by atoms with van der Waals surface area (Å²) in [4.78, 5) is 25.1. The molecule has 0 radical (unpaired) electrons. The van der Waals surface area contributed by atoms with Crippen LogP contribution in [-0.2, 0) is 9.53 Å². The lowest BCUT2D eigenvalue weighted by Gasteiger charge is -2.32. The van der Waals surface area contributed by atoms with Crippen molar-refractivity contribution in [3.8, 4) is 0 Å². The lowest BCUT2D eigenvalue weighted by Crippen LogP contribution is -2.42. The number of hydrogen-bond acceptors (Lipinski definition) is 4. The van der Waals surface area contributed by atoms with Gasteiger partial charge in [-0.15, -0.1) is 0 Å². The maximum Gasteiger partial charge on any atom is 0.409 e. The highest BCUT2D eigenvalue weighted by molar-refractivity contribution is 5.83. The smallest absolute Gasteiger partial charge is 0.409 e. The fraction of sp³-hybridized carbons (Fsp3) is 0.857. The zero-order valence-electron chi connectivity index (χ0n) is 12.3. The molecule has 0 aliphatic carbocycles. The minimum atomic E-state index is -0.212. The molecule has 1 heterocycles. The van der Waals surface area contributed by atoms with E-state index in [0.717, 1.165) is 32.4 Å². The van der Waals surface area contributed by atoms with E-state index in [1.807, 2.05) is 20.9 Å². The zero-order chi connectivity index (χ0) is 14.3. The first-order valence-corrected chi connectivity index (χ1v) is 7.24. The number of likely N-dealkylation sites (N-methyl/N-ethyl adjacent to an activating group) is 1. The average molecular weight is 270 g/mol. The maximum absolute atomic E-state index is 11.7. The molecule has 0 aromatic rings. The molecule has 0 spiro atoms. The Hall–Kier alpha value is -1.10. The molecule has 1 atom stereocenters. The standard InChI is InChI=1S/C14H26N2O3/c1-4-13(17)12(15-3)10-11-6-8-16(9-7-11)14(18)19-5-2/h11-12,15H,4-10H2,1-3H3. The van der Waals surface area contributed by atoms with Gasteiger partial charge in [-0.2, -0.15) is 0 Å². The summed E-state index contributed by atoms with van der Waals surface area (Å²) in [6.45, 7) is 5.61. The Morgan fingerprint density at radius 2 is 1.95 bits per heavy atom. The van der Waals surface area contributed by atoms with Gasteiger partial charge in [0, 0.05) is 19.5 Å². The lowest BCUT2D eigenvalue weighted by atomic mass is 9.88. The molecule has 1 aliphatic heterocycles. The number of hydrogen-bond donors (Lipinski definition) is 1. The van der Waals surface area contributed by atoms with E-state index in [1.54, 1.807) is 4.90 Å². The molecular weight excluding hydrogens is 244 g/mol. The van der Waals surface area contributed by atoms with E-state index in [1.165, 1.54) is 0 Å². The van der Waals surface area contributed by atoms with Gasteiger partial charge in [0.1, 0.15) is 5.78 Å². The second kappa shape index (κ2) is 8.15. The van der Waals surface area contributed by atoms with Crippen LogP contribution >= 0.6 is 0 Å². The molecule has 1 N–H and O–H groups in total. The summed E-state index contributed by atoms with van der Waals surface area (Å²) < 4.78 is 5.00. The Morgan fingerprint density at radius 3 is 2.42 bits per heavy atom. The molecule has 5 nitrogen and oxygen atoms in total. The number of rotatable bonds is 6. The Labute approximate surface area is 115 Å². The second-order valence-electron chi connectivity index (χ2n) is 5.03. The van der Waals surface area contributed by atoms with Gasteiger partial charge in [-0.3, -0.25) is 4.79 Å². The van der Waals surface area contributed by atoms with Crippen molar-refractivity contribution in [2.24, 2.45) is 5.92 Å². The molecule has 0 saturated carbocycles. The molecular formula is C14H26N2O3. The van der Waals surface area contributed by atoms with E-state index in [0.29, 0.717) is 18.9 Å². The van der Waals surface area contributed by atoms with Crippen LogP contribution in [0.2, 0.25) is 0 Å². The molecule has 1 rings (SSSR count). The third-order valence-electron chi connectivity index (χ3n) is 3.80. The minimum absolute atomic E-state index is 0.0378. The van der Waals surface area contributed by atoms with Crippen LogP contribution in [0.25, 0.3) is 0 Å². The molecule has 0 aromatic carbocycles. The quantitative estimate of drug-likeness (QED) is 0.799. The van der Waals surface area contributed by atoms with Crippen molar-refractivity contribution < 1.29 is 14.3 Å². The number of carbonyl (C=O) groups excluding carboxylic acids is 2. The van der Waals surface area contributed by atoms with Gasteiger partial charge in [-0.25, -0.2) is 4.79 Å². The van der Waals surface area contributed by atoms with Crippen LogP contribution in [0.3, 0.4) is 0 Å². The summed E-state index contributed by atoms with van der Waals surface area (Å²) in [7, 11) is 1.84. The van der Waals surface area contributed by atoms with Crippen LogP contribution in [0.15, 0.2) is 0 Å². The number of nitrogens with zero attached hydrogens (tertiary/aromatic N) is 1. The molecule has 0 bridgehead atoms. The first-order chi connectivity index (χ1) is 9.12. The van der Waals surface area contributed by atoms with E-state index in [4.69, 9.17) is 4.74 Å². The number of nitrogens with one attached hydrogen (secondary N) is 1. The van der Waals surface area contributed by atoms with Crippen molar-refractivity contribution in [3.05, 3.63) is 0 Å². The number of Topliss-reactive ketones (excluding diaryl/α,β-unsaturated/α-hetero) is 1. The Morgan fingerprint density at radius 1 is 1.32 bits per heavy atom. The van der Waals surface area contributed by atoms with E-state index in [2.05, 4.69) is 5.32 Å². The summed E-state index contributed by atoms with van der Waals surface area (Å²) in [6.07, 6.45) is 3.14. The molecule has 1 aliphatic rings. The number of likely N-dealkylation sites (tertiary alicyclic amines) is 1. The summed E-state index contributed by atoms with van der Waals surface area (Å²) >= 11 is 0. The van der Waals surface area contributed by atoms with Crippen molar-refractivity contribution in [2.75, 3.05) is 26.7 Å². The third kappa shape index (κ3) is 4.82. The van der Waals surface area contributed by atoms with Crippen LogP contribution in [-0.4, -0.2) is 49.6 Å². The fourth-order valence-corrected chi connectivity index (χ4v) is 2.56. The van der Waals surface area contributed by atoms with Crippen LogP contribution in [0.1, 0.15) is 39.5 Å². The number of amides is 1. The van der Waals surface area contributed by atoms with Crippen molar-refractivity contribution in [1.82, 2.24) is 10.2 Å². The van der Waals surface area contributed by atoms with Gasteiger partial charge >= 0.3 is 6.09 Å². The van der Waals surface area contributed by atoms with E-state index < -0.39 is 0 Å². The average Bonchev–Trinajstić information content (AvgIpc) is 2.44. The zero-order valence-corrected chi connectivity index (χ0v) is 12.3. The van der Waals surface area contributed by atoms with E-state index in [-0.39, 0.29) is 17.9 Å². The first-order valence-electron chi connectivity index (χ1n) is 7.24. The van der Waals surface area contributed by atoms with E-state index >= 15 is 0 Å². The number of ether oxygens (including phenoxy) is 1. The van der Waals surface area contributed by atoms with Crippen LogP contribution in [0.5, 0.6) is 0 Å². The Balaban J connectivity index is 2.37. The van der Waals surface area contributed by atoms with Gasteiger partial charge in [0.15, 0.2) is 0 Å². The summed E-state index contributed by atoms with van der Waals surface area (Å²) in [5.41, 5.74) is 0. The maximum atomic E-state index is 11.7. The number of ketones is 1. The van der Waals surface area contributed by atoms with Gasteiger partial charge in [-0.05, 0) is 39.2 Å². The molecule has 1 fully saturated rings. The molecule has 19 heavy (non-hydrogen) atoms. The first kappa shape index (κ1) is 16.0. The largest absolute Gasteiger partial charge is 0.450 e. The number of carbonyl (C=O) groups is 2. The molecule has 110 valence electrons. The highest BCUT2D eigenvalue weighted by atomic mass is 16.6.